The van der Waals surface area contributed by atoms with Gasteiger partial charge in [0.25, 0.3) is 0 Å². The molecule has 3 rings (SSSR count). The summed E-state index contributed by atoms with van der Waals surface area (Å²) in [7, 11) is 0. The van der Waals surface area contributed by atoms with Crippen LogP contribution in [0.5, 0.6) is 0 Å². The highest BCUT2D eigenvalue weighted by molar-refractivity contribution is 14.1. The molecule has 1 saturated heterocycles. The van der Waals surface area contributed by atoms with E-state index >= 15 is 0 Å². The third kappa shape index (κ3) is 2.84. The summed E-state index contributed by atoms with van der Waals surface area (Å²) in [5.74, 6) is 0.461. The van der Waals surface area contributed by atoms with E-state index in [0.29, 0.717) is 17.9 Å². The number of anilines is 1. The second-order valence-corrected chi connectivity index (χ2v) is 6.52. The summed E-state index contributed by atoms with van der Waals surface area (Å²) in [6.07, 6.45) is 4.38. The predicted molar refractivity (Wildman–Crippen MR) is 92.4 cm³/mol. The monoisotopic (exact) mass is 412 g/mol. The van der Waals surface area contributed by atoms with Crippen molar-refractivity contribution in [1.82, 2.24) is 24.6 Å². The van der Waals surface area contributed by atoms with Gasteiger partial charge >= 0.3 is 0 Å². The lowest BCUT2D eigenvalue weighted by Gasteiger charge is -2.32. The van der Waals surface area contributed by atoms with Gasteiger partial charge in [0.1, 0.15) is 22.1 Å². The van der Waals surface area contributed by atoms with Gasteiger partial charge in [-0.05, 0) is 47.6 Å². The van der Waals surface area contributed by atoms with Crippen LogP contribution < -0.4 is 5.73 Å². The Balaban J connectivity index is 1.89. The van der Waals surface area contributed by atoms with Gasteiger partial charge in [0, 0.05) is 13.1 Å². The van der Waals surface area contributed by atoms with E-state index in [4.69, 9.17) is 5.73 Å². The Labute approximate surface area is 141 Å². The quantitative estimate of drug-likeness (QED) is 0.464. The Morgan fingerprint density at radius 3 is 3.14 bits per heavy atom. The van der Waals surface area contributed by atoms with Gasteiger partial charge in [-0.2, -0.15) is 5.10 Å². The minimum Gasteiger partial charge on any atom is -0.383 e. The number of fused-ring (bicyclic) bond motifs is 1. The number of hydrogen-bond donors (Lipinski definition) is 1. The van der Waals surface area contributed by atoms with Crippen LogP contribution in [0.3, 0.4) is 0 Å². The van der Waals surface area contributed by atoms with Crippen LogP contribution in [-0.2, 0) is 4.79 Å². The number of aldehydes is 1. The van der Waals surface area contributed by atoms with Crippen molar-refractivity contribution >= 4 is 45.7 Å². The average Bonchev–Trinajstić information content (AvgIpc) is 2.86. The molecular weight excluding hydrogens is 395 g/mol. The molecule has 2 N–H and O–H groups in total. The second kappa shape index (κ2) is 6.29. The van der Waals surface area contributed by atoms with E-state index in [-0.39, 0.29) is 6.04 Å². The third-order valence-corrected chi connectivity index (χ3v) is 4.65. The number of nitrogens with zero attached hydrogens (tertiary/aromatic N) is 5. The predicted octanol–water partition coefficient (Wildman–Crippen LogP) is 1.41. The number of piperidine rings is 1. The lowest BCUT2D eigenvalue weighted by molar-refractivity contribution is -0.105. The largest absolute Gasteiger partial charge is 0.383 e. The Bertz CT molecular complexity index is 727. The first-order valence-electron chi connectivity index (χ1n) is 7.09. The van der Waals surface area contributed by atoms with E-state index in [1.165, 1.54) is 6.33 Å². The summed E-state index contributed by atoms with van der Waals surface area (Å²) in [4.78, 5) is 21.4. The van der Waals surface area contributed by atoms with Crippen LogP contribution in [0.15, 0.2) is 18.5 Å². The summed E-state index contributed by atoms with van der Waals surface area (Å²) in [6.45, 7) is 6.16. The highest BCUT2D eigenvalue weighted by atomic mass is 127. The highest BCUT2D eigenvalue weighted by Gasteiger charge is 2.25. The van der Waals surface area contributed by atoms with E-state index in [0.717, 1.165) is 47.0 Å². The molecule has 0 saturated carbocycles. The lowest BCUT2D eigenvalue weighted by atomic mass is 10.1. The van der Waals surface area contributed by atoms with Gasteiger partial charge in [0.05, 0.1) is 11.4 Å². The maximum absolute atomic E-state index is 10.8. The minimum absolute atomic E-state index is 0.216. The van der Waals surface area contributed by atoms with Crippen molar-refractivity contribution in [1.29, 1.82) is 0 Å². The molecule has 1 atom stereocenters. The van der Waals surface area contributed by atoms with Crippen LogP contribution >= 0.6 is 22.6 Å². The van der Waals surface area contributed by atoms with Gasteiger partial charge in [0.2, 0.25) is 0 Å². The molecule has 22 heavy (non-hydrogen) atoms. The van der Waals surface area contributed by atoms with Gasteiger partial charge in [-0.1, -0.05) is 6.58 Å². The number of nitrogens with two attached hydrogens (primary N) is 1. The summed E-state index contributed by atoms with van der Waals surface area (Å²) in [5, 5.41) is 5.43. The van der Waals surface area contributed by atoms with Crippen LogP contribution in [0.1, 0.15) is 18.9 Å². The first kappa shape index (κ1) is 15.3. The SMILES string of the molecule is C=C(C=O)CN1CCC[C@@H](n2nc(I)c3c(N)ncnc32)C1. The van der Waals surface area contributed by atoms with Crippen LogP contribution in [0, 0.1) is 3.70 Å². The van der Waals surface area contributed by atoms with Crippen molar-refractivity contribution in [3.8, 4) is 0 Å². The summed E-state index contributed by atoms with van der Waals surface area (Å²) < 4.78 is 2.77. The number of hydrogen-bond acceptors (Lipinski definition) is 6. The number of likely N-dealkylation sites (tertiary alicyclic amines) is 1. The van der Waals surface area contributed by atoms with Crippen molar-refractivity contribution in [2.75, 3.05) is 25.4 Å². The molecule has 8 heteroatoms. The third-order valence-electron chi connectivity index (χ3n) is 3.90. The first-order valence-corrected chi connectivity index (χ1v) is 8.17. The maximum Gasteiger partial charge on any atom is 0.164 e. The number of aromatic nitrogens is 4. The summed E-state index contributed by atoms with van der Waals surface area (Å²) >= 11 is 2.17. The van der Waals surface area contributed by atoms with Gasteiger partial charge in [-0.3, -0.25) is 9.69 Å². The molecule has 1 aliphatic heterocycles. The molecule has 3 heterocycles. The van der Waals surface area contributed by atoms with Crippen molar-refractivity contribution < 1.29 is 4.79 Å². The molecule has 7 nitrogen and oxygen atoms in total. The molecule has 0 amide bonds. The van der Waals surface area contributed by atoms with E-state index in [9.17, 15) is 4.79 Å². The molecule has 0 spiro atoms. The van der Waals surface area contributed by atoms with Gasteiger partial charge in [0.15, 0.2) is 5.65 Å². The fourth-order valence-electron chi connectivity index (χ4n) is 2.91. The number of carbonyl (C=O) groups is 1. The lowest BCUT2D eigenvalue weighted by Crippen LogP contribution is -2.38. The summed E-state index contributed by atoms with van der Waals surface area (Å²) in [6, 6.07) is 0.216. The van der Waals surface area contributed by atoms with Gasteiger partial charge in [-0.25, -0.2) is 14.6 Å². The molecule has 0 radical (unpaired) electrons. The molecule has 2 aromatic rings. The number of carbonyl (C=O) groups excluding carboxylic acids is 1. The van der Waals surface area contributed by atoms with Crippen LogP contribution in [0.2, 0.25) is 0 Å². The van der Waals surface area contributed by atoms with Crippen LogP contribution in [-0.4, -0.2) is 50.6 Å². The van der Waals surface area contributed by atoms with E-state index in [1.54, 1.807) is 0 Å². The van der Waals surface area contributed by atoms with Gasteiger partial charge in [-0.15, -0.1) is 0 Å². The zero-order chi connectivity index (χ0) is 15.7. The first-order chi connectivity index (χ1) is 10.6. The molecule has 2 aromatic heterocycles. The van der Waals surface area contributed by atoms with Crippen LogP contribution in [0.25, 0.3) is 11.0 Å². The molecule has 0 aliphatic carbocycles. The zero-order valence-corrected chi connectivity index (χ0v) is 14.2. The van der Waals surface area contributed by atoms with E-state index in [2.05, 4.69) is 49.1 Å². The molecule has 116 valence electrons. The van der Waals surface area contributed by atoms with Crippen molar-refractivity contribution in [3.63, 3.8) is 0 Å². The molecule has 0 aromatic carbocycles. The topological polar surface area (TPSA) is 89.9 Å². The fourth-order valence-corrected chi connectivity index (χ4v) is 3.66. The number of rotatable bonds is 4. The molecule has 1 aliphatic rings. The number of nitrogen functional groups attached to an aromatic ring is 1. The summed E-state index contributed by atoms with van der Waals surface area (Å²) in [5.41, 5.74) is 7.32. The Morgan fingerprint density at radius 2 is 2.36 bits per heavy atom. The maximum atomic E-state index is 10.8. The smallest absolute Gasteiger partial charge is 0.164 e. The fraction of sp³-hybridized carbons (Fsp3) is 0.429. The molecule has 1 fully saturated rings. The van der Waals surface area contributed by atoms with E-state index < -0.39 is 0 Å². The Morgan fingerprint density at radius 1 is 1.55 bits per heavy atom. The molecule has 0 unspecified atom stereocenters. The standard InChI is InChI=1S/C14H17IN6O/c1-9(7-22)5-20-4-2-3-10(6-20)21-14-11(12(15)19-21)13(16)17-8-18-14/h7-8,10H,1-6H2,(H2,16,17,18)/t10-/m1/s1. The normalized spacial score (nSPS) is 19.4. The Kier molecular flexibility index (Phi) is 4.39. The van der Waals surface area contributed by atoms with Crippen LogP contribution in [0.4, 0.5) is 5.82 Å². The Hall–Kier alpha value is -1.55. The van der Waals surface area contributed by atoms with Crippen molar-refractivity contribution in [3.05, 3.63) is 22.2 Å². The van der Waals surface area contributed by atoms with E-state index in [1.807, 2.05) is 4.68 Å². The number of halogens is 1. The van der Waals surface area contributed by atoms with Crippen molar-refractivity contribution in [2.24, 2.45) is 0 Å². The van der Waals surface area contributed by atoms with Crippen molar-refractivity contribution in [2.45, 2.75) is 18.9 Å². The minimum atomic E-state index is 0.216. The molecule has 0 bridgehead atoms. The zero-order valence-electron chi connectivity index (χ0n) is 12.1. The second-order valence-electron chi connectivity index (χ2n) is 5.50. The molecular formula is C14H17IN6O. The highest BCUT2D eigenvalue weighted by Crippen LogP contribution is 2.29. The average molecular weight is 412 g/mol. The van der Waals surface area contributed by atoms with Gasteiger partial charge < -0.3 is 5.73 Å².